The highest BCUT2D eigenvalue weighted by Gasteiger charge is 2.35. The molecule has 1 aromatic carbocycles. The van der Waals surface area contributed by atoms with Crippen molar-refractivity contribution >= 4 is 39.6 Å². The van der Waals surface area contributed by atoms with Gasteiger partial charge in [-0.2, -0.15) is 5.10 Å². The first-order valence-electron chi connectivity index (χ1n) is 9.93. The van der Waals surface area contributed by atoms with E-state index in [0.717, 1.165) is 34.1 Å². The van der Waals surface area contributed by atoms with Crippen LogP contribution < -0.4 is 0 Å². The molecule has 1 aliphatic rings. The number of aryl methyl sites for hydroxylation is 1. The Kier molecular flexibility index (Phi) is 5.41. The summed E-state index contributed by atoms with van der Waals surface area (Å²) < 4.78 is 1.87. The maximum Gasteiger partial charge on any atom is 0.261 e. The number of amides is 1. The molecule has 29 heavy (non-hydrogen) atoms. The minimum atomic E-state index is -0.0561. The highest BCUT2D eigenvalue weighted by atomic mass is 32.2. The van der Waals surface area contributed by atoms with Crippen LogP contribution in [-0.2, 0) is 0 Å². The number of aliphatic imine (C=N–C) groups is 1. The average molecular weight is 408 g/mol. The first kappa shape index (κ1) is 19.6. The molecular formula is C22H25N5OS. The summed E-state index contributed by atoms with van der Waals surface area (Å²) in [6.07, 6.45) is 4.31. The molecule has 3 heterocycles. The molecule has 7 heteroatoms. The molecule has 150 valence electrons. The second-order valence-corrected chi connectivity index (χ2v) is 8.59. The van der Waals surface area contributed by atoms with Crippen molar-refractivity contribution in [1.82, 2.24) is 19.7 Å². The first-order valence-corrected chi connectivity index (χ1v) is 10.9. The van der Waals surface area contributed by atoms with E-state index in [9.17, 15) is 4.79 Å². The van der Waals surface area contributed by atoms with Gasteiger partial charge in [0.25, 0.3) is 5.91 Å². The maximum atomic E-state index is 13.4. The van der Waals surface area contributed by atoms with Crippen molar-refractivity contribution in [3.05, 3.63) is 53.9 Å². The summed E-state index contributed by atoms with van der Waals surface area (Å²) in [4.78, 5) is 24.5. The number of thioether (sulfide) groups is 1. The van der Waals surface area contributed by atoms with Crippen LogP contribution in [0.5, 0.6) is 0 Å². The second kappa shape index (κ2) is 7.99. The summed E-state index contributed by atoms with van der Waals surface area (Å²) in [5, 5.41) is 6.03. The van der Waals surface area contributed by atoms with Gasteiger partial charge in [-0.05, 0) is 45.4 Å². The van der Waals surface area contributed by atoms with Crippen molar-refractivity contribution in [2.45, 2.75) is 46.2 Å². The van der Waals surface area contributed by atoms with Crippen LogP contribution in [0.25, 0.3) is 11.0 Å². The number of nitrogens with zero attached hydrogens (tertiary/aromatic N) is 5. The molecule has 0 saturated carbocycles. The molecule has 0 aliphatic carbocycles. The minimum absolute atomic E-state index is 0.0561. The van der Waals surface area contributed by atoms with Crippen molar-refractivity contribution in [3.8, 4) is 0 Å². The summed E-state index contributed by atoms with van der Waals surface area (Å²) >= 11 is 1.64. The van der Waals surface area contributed by atoms with E-state index in [0.29, 0.717) is 5.56 Å². The molecule has 1 aliphatic heterocycles. The fraction of sp³-hybridized carbons (Fsp3) is 0.364. The Morgan fingerprint density at radius 3 is 2.72 bits per heavy atom. The fourth-order valence-corrected chi connectivity index (χ4v) is 4.68. The van der Waals surface area contributed by atoms with Crippen LogP contribution in [0.3, 0.4) is 0 Å². The third kappa shape index (κ3) is 3.79. The Balaban J connectivity index is 1.69. The zero-order valence-electron chi connectivity index (χ0n) is 17.2. The van der Waals surface area contributed by atoms with Crippen molar-refractivity contribution < 1.29 is 4.79 Å². The van der Waals surface area contributed by atoms with Gasteiger partial charge in [0.2, 0.25) is 0 Å². The number of carbonyl (C=O) groups is 1. The lowest BCUT2D eigenvalue weighted by Gasteiger charge is -2.23. The number of hydrogen-bond acceptors (Lipinski definition) is 5. The Morgan fingerprint density at radius 1 is 1.28 bits per heavy atom. The molecule has 4 rings (SSSR count). The van der Waals surface area contributed by atoms with Crippen LogP contribution in [-0.4, -0.2) is 42.5 Å². The van der Waals surface area contributed by atoms with Crippen molar-refractivity contribution in [2.75, 3.05) is 5.75 Å². The zero-order valence-corrected chi connectivity index (χ0v) is 18.0. The second-order valence-electron chi connectivity index (χ2n) is 7.60. The molecule has 2 aromatic heterocycles. The standard InChI is InChI=1S/C22H25N5OS/c1-5-19-13-29-22(25-18-8-6-15(4)7-9-18)26(19)21(28)17-10-16-12-24-27(14(2)3)20(16)23-11-17/h6-12,14,19H,5,13H2,1-4H3. The molecule has 0 radical (unpaired) electrons. The van der Waals surface area contributed by atoms with Gasteiger partial charge in [-0.1, -0.05) is 36.4 Å². The molecule has 0 bridgehead atoms. The Bertz CT molecular complexity index is 1070. The van der Waals surface area contributed by atoms with E-state index in [4.69, 9.17) is 4.99 Å². The maximum absolute atomic E-state index is 13.4. The van der Waals surface area contributed by atoms with Crippen molar-refractivity contribution in [2.24, 2.45) is 4.99 Å². The molecule has 6 nitrogen and oxygen atoms in total. The van der Waals surface area contributed by atoms with E-state index < -0.39 is 0 Å². The molecular weight excluding hydrogens is 382 g/mol. The van der Waals surface area contributed by atoms with Crippen LogP contribution >= 0.6 is 11.8 Å². The number of hydrogen-bond donors (Lipinski definition) is 0. The lowest BCUT2D eigenvalue weighted by Crippen LogP contribution is -2.39. The van der Waals surface area contributed by atoms with E-state index in [1.54, 1.807) is 24.2 Å². The predicted molar refractivity (Wildman–Crippen MR) is 119 cm³/mol. The van der Waals surface area contributed by atoms with Crippen LogP contribution in [0.15, 0.2) is 47.7 Å². The third-order valence-corrected chi connectivity index (χ3v) is 6.19. The van der Waals surface area contributed by atoms with E-state index >= 15 is 0 Å². The lowest BCUT2D eigenvalue weighted by atomic mass is 10.1. The SMILES string of the molecule is CCC1CSC(=Nc2ccc(C)cc2)N1C(=O)c1cnc2c(cnn2C(C)C)c1. The Hall–Kier alpha value is -2.67. The van der Waals surface area contributed by atoms with Gasteiger partial charge in [-0.25, -0.2) is 14.7 Å². The Labute approximate surface area is 175 Å². The van der Waals surface area contributed by atoms with Gasteiger partial charge >= 0.3 is 0 Å². The van der Waals surface area contributed by atoms with Gasteiger partial charge in [0.15, 0.2) is 10.8 Å². The van der Waals surface area contributed by atoms with Crippen LogP contribution in [0, 0.1) is 6.92 Å². The molecule has 1 amide bonds. The molecule has 1 fully saturated rings. The topological polar surface area (TPSA) is 63.4 Å². The summed E-state index contributed by atoms with van der Waals surface area (Å²) in [6, 6.07) is 10.3. The normalized spacial score (nSPS) is 18.3. The van der Waals surface area contributed by atoms with Gasteiger partial charge in [0.1, 0.15) is 0 Å². The van der Waals surface area contributed by atoms with Crippen molar-refractivity contribution in [1.29, 1.82) is 0 Å². The fourth-order valence-electron chi connectivity index (χ4n) is 3.41. The molecule has 1 unspecified atom stereocenters. The molecule has 0 N–H and O–H groups in total. The van der Waals surface area contributed by atoms with Gasteiger partial charge in [-0.15, -0.1) is 0 Å². The molecule has 1 atom stereocenters. The smallest absolute Gasteiger partial charge is 0.261 e. The molecule has 1 saturated heterocycles. The largest absolute Gasteiger partial charge is 0.283 e. The molecule has 0 spiro atoms. The quantitative estimate of drug-likeness (QED) is 0.612. The van der Waals surface area contributed by atoms with Crippen LogP contribution in [0.2, 0.25) is 0 Å². The minimum Gasteiger partial charge on any atom is -0.283 e. The summed E-state index contributed by atoms with van der Waals surface area (Å²) in [7, 11) is 0. The lowest BCUT2D eigenvalue weighted by molar-refractivity contribution is 0.0819. The third-order valence-electron chi connectivity index (χ3n) is 5.09. The highest BCUT2D eigenvalue weighted by Crippen LogP contribution is 2.31. The number of aromatic nitrogens is 3. The highest BCUT2D eigenvalue weighted by molar-refractivity contribution is 8.14. The van der Waals surface area contributed by atoms with Crippen LogP contribution in [0.1, 0.15) is 49.2 Å². The summed E-state index contributed by atoms with van der Waals surface area (Å²) in [6.45, 7) is 8.28. The van der Waals surface area contributed by atoms with E-state index in [-0.39, 0.29) is 18.0 Å². The number of rotatable bonds is 4. The van der Waals surface area contributed by atoms with Gasteiger partial charge < -0.3 is 0 Å². The van der Waals surface area contributed by atoms with Gasteiger partial charge in [0.05, 0.1) is 17.4 Å². The van der Waals surface area contributed by atoms with Gasteiger partial charge in [-0.3, -0.25) is 9.69 Å². The van der Waals surface area contributed by atoms with Gasteiger partial charge in [0, 0.05) is 29.4 Å². The van der Waals surface area contributed by atoms with E-state index in [1.165, 1.54) is 5.56 Å². The van der Waals surface area contributed by atoms with E-state index in [1.807, 2.05) is 39.9 Å². The number of benzene rings is 1. The zero-order chi connectivity index (χ0) is 20.5. The first-order chi connectivity index (χ1) is 14.0. The predicted octanol–water partition coefficient (Wildman–Crippen LogP) is 4.98. The monoisotopic (exact) mass is 407 g/mol. The van der Waals surface area contributed by atoms with Crippen LogP contribution in [0.4, 0.5) is 5.69 Å². The van der Waals surface area contributed by atoms with Crippen molar-refractivity contribution in [3.63, 3.8) is 0 Å². The average Bonchev–Trinajstić information content (AvgIpc) is 3.32. The molecule has 3 aromatic rings. The Morgan fingerprint density at radius 2 is 2.03 bits per heavy atom. The number of carbonyl (C=O) groups excluding carboxylic acids is 1. The summed E-state index contributed by atoms with van der Waals surface area (Å²) in [5.41, 5.74) is 3.42. The number of fused-ring (bicyclic) bond motifs is 1. The van der Waals surface area contributed by atoms with E-state index in [2.05, 4.69) is 37.8 Å². The summed E-state index contributed by atoms with van der Waals surface area (Å²) in [5.74, 6) is 0.799. The number of amidine groups is 1. The number of pyridine rings is 1.